The lowest BCUT2D eigenvalue weighted by Crippen LogP contribution is -2.35. The number of hydrogen-bond acceptors (Lipinski definition) is 7. The Morgan fingerprint density at radius 2 is 1.93 bits per heavy atom. The molecule has 0 aliphatic rings. The minimum Gasteiger partial charge on any atom is -0.495 e. The molecule has 0 saturated heterocycles. The first-order chi connectivity index (χ1) is 13.1. The summed E-state index contributed by atoms with van der Waals surface area (Å²) in [6, 6.07) is 4.70. The molecular weight excluding hydrogens is 388 g/mol. The van der Waals surface area contributed by atoms with Crippen molar-refractivity contribution in [2.75, 3.05) is 31.3 Å². The topological polar surface area (TPSA) is 131 Å². The number of aromatic nitrogens is 1. The predicted octanol–water partition coefficient (Wildman–Crippen LogP) is 1.52. The van der Waals surface area contributed by atoms with Crippen molar-refractivity contribution in [2.45, 2.75) is 25.7 Å². The van der Waals surface area contributed by atoms with Crippen molar-refractivity contribution in [3.8, 4) is 5.75 Å². The van der Waals surface area contributed by atoms with Crippen LogP contribution in [0.1, 0.15) is 18.4 Å². The van der Waals surface area contributed by atoms with Gasteiger partial charge < -0.3 is 19.9 Å². The number of nitrogens with zero attached hydrogens (tertiary/aromatic N) is 2. The summed E-state index contributed by atoms with van der Waals surface area (Å²) in [5.74, 6) is -0.350. The molecule has 2 N–H and O–H groups in total. The summed E-state index contributed by atoms with van der Waals surface area (Å²) in [6.45, 7) is 3.91. The molecular formula is C17H22N4O6S. The fourth-order valence-electron chi connectivity index (χ4n) is 2.56. The van der Waals surface area contributed by atoms with Crippen LogP contribution in [0.3, 0.4) is 0 Å². The Balaban J connectivity index is 2.18. The highest BCUT2D eigenvalue weighted by atomic mass is 32.2. The van der Waals surface area contributed by atoms with Gasteiger partial charge in [0.15, 0.2) is 5.76 Å². The van der Waals surface area contributed by atoms with Crippen molar-refractivity contribution in [3.05, 3.63) is 29.7 Å². The molecule has 0 saturated carbocycles. The molecule has 0 aliphatic heterocycles. The zero-order chi connectivity index (χ0) is 21.1. The highest BCUT2D eigenvalue weighted by Gasteiger charge is 2.29. The Morgan fingerprint density at radius 3 is 2.46 bits per heavy atom. The van der Waals surface area contributed by atoms with E-state index in [1.165, 1.54) is 41.0 Å². The van der Waals surface area contributed by atoms with Gasteiger partial charge in [-0.2, -0.15) is 4.31 Å². The molecule has 2 rings (SSSR count). The average molecular weight is 410 g/mol. The van der Waals surface area contributed by atoms with Crippen LogP contribution < -0.4 is 15.4 Å². The van der Waals surface area contributed by atoms with Crippen molar-refractivity contribution in [1.29, 1.82) is 0 Å². The number of likely N-dealkylation sites (N-methyl/N-ethyl adjacent to an activating group) is 1. The average Bonchev–Trinajstić information content (AvgIpc) is 2.93. The van der Waals surface area contributed by atoms with Crippen LogP contribution in [-0.2, 0) is 19.6 Å². The molecule has 0 atom stereocenters. The zero-order valence-electron chi connectivity index (χ0n) is 16.2. The van der Waals surface area contributed by atoms with Gasteiger partial charge in [-0.15, -0.1) is 0 Å². The van der Waals surface area contributed by atoms with E-state index >= 15 is 0 Å². The maximum atomic E-state index is 12.7. The van der Waals surface area contributed by atoms with E-state index < -0.39 is 22.5 Å². The van der Waals surface area contributed by atoms with E-state index in [1.54, 1.807) is 12.1 Å². The largest absolute Gasteiger partial charge is 0.495 e. The number of amides is 2. The van der Waals surface area contributed by atoms with Crippen LogP contribution in [0.25, 0.3) is 0 Å². The number of carbonyl (C=O) groups is 2. The fourth-order valence-corrected chi connectivity index (χ4v) is 3.97. The molecule has 11 heteroatoms. The number of hydrogen-bond donors (Lipinski definition) is 2. The third kappa shape index (κ3) is 4.67. The number of benzene rings is 1. The number of anilines is 2. The van der Waals surface area contributed by atoms with Crippen molar-refractivity contribution in [1.82, 2.24) is 9.46 Å². The summed E-state index contributed by atoms with van der Waals surface area (Å²) in [5, 5.41) is 8.82. The second kappa shape index (κ2) is 8.40. The van der Waals surface area contributed by atoms with Crippen molar-refractivity contribution in [3.63, 3.8) is 0 Å². The van der Waals surface area contributed by atoms with Gasteiger partial charge in [0.2, 0.25) is 21.8 Å². The first kappa shape index (κ1) is 21.4. The van der Waals surface area contributed by atoms with Gasteiger partial charge in [-0.3, -0.25) is 9.59 Å². The summed E-state index contributed by atoms with van der Waals surface area (Å²) in [7, 11) is -1.24. The van der Waals surface area contributed by atoms with Gasteiger partial charge in [-0.05, 0) is 32.0 Å². The molecule has 28 heavy (non-hydrogen) atoms. The van der Waals surface area contributed by atoms with Crippen molar-refractivity contribution < 1.29 is 27.3 Å². The van der Waals surface area contributed by atoms with Crippen LogP contribution >= 0.6 is 0 Å². The maximum Gasteiger partial charge on any atom is 0.248 e. The number of rotatable bonds is 7. The molecule has 2 aromatic rings. The number of sulfonamides is 1. The number of aryl methyl sites for hydroxylation is 2. The van der Waals surface area contributed by atoms with Gasteiger partial charge in [0.1, 0.15) is 16.3 Å². The molecule has 10 nitrogen and oxygen atoms in total. The minimum absolute atomic E-state index is 0.0620. The van der Waals surface area contributed by atoms with Gasteiger partial charge in [-0.25, -0.2) is 8.42 Å². The Bertz CT molecular complexity index is 980. The standard InChI is InChI=1S/C17H22N4O6S/c1-10-17(11(2)27-20-10)28(24,25)21(4)9-16(23)19-14-8-13(18-12(3)22)6-7-15(14)26-5/h6-8H,9H2,1-5H3,(H,18,22)(H,19,23). The predicted molar refractivity (Wildman–Crippen MR) is 102 cm³/mol. The van der Waals surface area contributed by atoms with E-state index in [-0.39, 0.29) is 22.3 Å². The molecule has 0 radical (unpaired) electrons. The number of methoxy groups -OCH3 is 1. The van der Waals surface area contributed by atoms with Crippen LogP contribution in [0.2, 0.25) is 0 Å². The number of ether oxygens (including phenoxy) is 1. The van der Waals surface area contributed by atoms with E-state index in [4.69, 9.17) is 9.26 Å². The molecule has 0 unspecified atom stereocenters. The van der Waals surface area contributed by atoms with E-state index in [2.05, 4.69) is 15.8 Å². The number of nitrogens with one attached hydrogen (secondary N) is 2. The van der Waals surface area contributed by atoms with Crippen molar-refractivity contribution in [2.24, 2.45) is 0 Å². The maximum absolute atomic E-state index is 12.7. The molecule has 0 bridgehead atoms. The van der Waals surface area contributed by atoms with Crippen molar-refractivity contribution >= 4 is 33.2 Å². The quantitative estimate of drug-likeness (QED) is 0.707. The van der Waals surface area contributed by atoms with E-state index in [9.17, 15) is 18.0 Å². The molecule has 0 spiro atoms. The van der Waals surface area contributed by atoms with Gasteiger partial charge in [0.25, 0.3) is 0 Å². The zero-order valence-corrected chi connectivity index (χ0v) is 17.0. The van der Waals surface area contributed by atoms with E-state index in [1.807, 2.05) is 0 Å². The highest BCUT2D eigenvalue weighted by Crippen LogP contribution is 2.28. The van der Waals surface area contributed by atoms with Gasteiger partial charge in [-0.1, -0.05) is 5.16 Å². The number of carbonyl (C=O) groups excluding carboxylic acids is 2. The third-order valence-corrected chi connectivity index (χ3v) is 5.84. The Kier molecular flexibility index (Phi) is 6.41. The van der Waals surface area contributed by atoms with Crippen LogP contribution in [0.15, 0.2) is 27.6 Å². The summed E-state index contributed by atoms with van der Waals surface area (Å²) in [6.07, 6.45) is 0. The SMILES string of the molecule is COc1ccc(NC(C)=O)cc1NC(=O)CN(C)S(=O)(=O)c1c(C)noc1C. The molecule has 1 aromatic heterocycles. The van der Waals surface area contributed by atoms with Crippen LogP contribution in [-0.4, -0.2) is 50.4 Å². The second-order valence-corrected chi connectivity index (χ2v) is 8.04. The lowest BCUT2D eigenvalue weighted by atomic mass is 10.2. The Morgan fingerprint density at radius 1 is 1.25 bits per heavy atom. The molecule has 0 aliphatic carbocycles. The molecule has 1 heterocycles. The molecule has 152 valence electrons. The molecule has 0 fully saturated rings. The van der Waals surface area contributed by atoms with Gasteiger partial charge in [0.05, 0.1) is 19.3 Å². The van der Waals surface area contributed by atoms with Crippen LogP contribution in [0.4, 0.5) is 11.4 Å². The fraction of sp³-hybridized carbons (Fsp3) is 0.353. The van der Waals surface area contributed by atoms with Crippen LogP contribution in [0.5, 0.6) is 5.75 Å². The Labute approximate surface area is 162 Å². The summed E-state index contributed by atoms with van der Waals surface area (Å²) >= 11 is 0. The van der Waals surface area contributed by atoms with Gasteiger partial charge in [0, 0.05) is 19.7 Å². The molecule has 2 amide bonds. The normalized spacial score (nSPS) is 11.4. The lowest BCUT2D eigenvalue weighted by Gasteiger charge is -2.17. The lowest BCUT2D eigenvalue weighted by molar-refractivity contribution is -0.116. The third-order valence-electron chi connectivity index (χ3n) is 3.80. The second-order valence-electron chi connectivity index (χ2n) is 6.06. The summed E-state index contributed by atoms with van der Waals surface area (Å²) in [5.41, 5.74) is 0.969. The van der Waals surface area contributed by atoms with Gasteiger partial charge >= 0.3 is 0 Å². The highest BCUT2D eigenvalue weighted by molar-refractivity contribution is 7.89. The summed E-state index contributed by atoms with van der Waals surface area (Å²) < 4.78 is 36.4. The smallest absolute Gasteiger partial charge is 0.248 e. The summed E-state index contributed by atoms with van der Waals surface area (Å²) in [4.78, 5) is 23.6. The van der Waals surface area contributed by atoms with Crippen LogP contribution in [0, 0.1) is 13.8 Å². The monoisotopic (exact) mass is 410 g/mol. The van der Waals surface area contributed by atoms with E-state index in [0.29, 0.717) is 17.1 Å². The minimum atomic E-state index is -3.96. The molecule has 1 aromatic carbocycles. The Hall–Kier alpha value is -2.92. The van der Waals surface area contributed by atoms with E-state index in [0.717, 1.165) is 4.31 Å². The first-order valence-corrected chi connectivity index (χ1v) is 9.65. The first-order valence-electron chi connectivity index (χ1n) is 8.21.